The van der Waals surface area contributed by atoms with E-state index in [9.17, 15) is 4.79 Å². The molecule has 0 bridgehead atoms. The molecular weight excluding hydrogens is 290 g/mol. The molecule has 0 aromatic heterocycles. The first kappa shape index (κ1) is 21.3. The number of carbonyl (C=O) groups is 1. The minimum atomic E-state index is -0.172. The van der Waals surface area contributed by atoms with Crippen LogP contribution in [0.4, 0.5) is 0 Å². The Bertz CT molecular complexity index is 240. The molecule has 0 radical (unpaired) electrons. The van der Waals surface area contributed by atoms with E-state index < -0.39 is 0 Å². The van der Waals surface area contributed by atoms with Gasteiger partial charge in [0, 0.05) is 13.0 Å². The summed E-state index contributed by atoms with van der Waals surface area (Å²) < 4.78 is 26.2. The number of nitrogens with one attached hydrogen (secondary N) is 1. The molecule has 132 valence electrons. The van der Waals surface area contributed by atoms with Gasteiger partial charge >= 0.3 is 5.97 Å². The Morgan fingerprint density at radius 1 is 0.773 bits per heavy atom. The van der Waals surface area contributed by atoms with Crippen LogP contribution in [0.15, 0.2) is 0 Å². The predicted molar refractivity (Wildman–Crippen MR) is 83.1 cm³/mol. The van der Waals surface area contributed by atoms with Crippen molar-refractivity contribution in [2.45, 2.75) is 19.8 Å². The minimum Gasteiger partial charge on any atom is -0.463 e. The lowest BCUT2D eigenvalue weighted by Crippen LogP contribution is -2.17. The second-order valence-electron chi connectivity index (χ2n) is 4.52. The molecule has 0 rings (SSSR count). The summed E-state index contributed by atoms with van der Waals surface area (Å²) in [7, 11) is 1.89. The Balaban J connectivity index is 3.01. The van der Waals surface area contributed by atoms with Crippen molar-refractivity contribution in [3.05, 3.63) is 0 Å². The van der Waals surface area contributed by atoms with Gasteiger partial charge in [-0.15, -0.1) is 0 Å². The highest BCUT2D eigenvalue weighted by molar-refractivity contribution is 5.69. The van der Waals surface area contributed by atoms with E-state index in [-0.39, 0.29) is 5.97 Å². The van der Waals surface area contributed by atoms with Gasteiger partial charge in [0.05, 0.1) is 52.9 Å². The van der Waals surface area contributed by atoms with Gasteiger partial charge in [-0.1, -0.05) is 6.92 Å². The van der Waals surface area contributed by atoms with Gasteiger partial charge in [0.25, 0.3) is 0 Å². The molecule has 0 saturated heterocycles. The molecule has 22 heavy (non-hydrogen) atoms. The van der Waals surface area contributed by atoms with Gasteiger partial charge in [-0.3, -0.25) is 4.79 Å². The lowest BCUT2D eigenvalue weighted by atomic mass is 10.3. The van der Waals surface area contributed by atoms with Crippen LogP contribution in [0.1, 0.15) is 19.8 Å². The molecule has 0 aliphatic rings. The summed E-state index contributed by atoms with van der Waals surface area (Å²) in [5.41, 5.74) is 0. The number of hydrogen-bond donors (Lipinski definition) is 1. The van der Waals surface area contributed by atoms with Crippen LogP contribution < -0.4 is 5.32 Å². The highest BCUT2D eigenvalue weighted by atomic mass is 16.6. The van der Waals surface area contributed by atoms with E-state index >= 15 is 0 Å². The Morgan fingerprint density at radius 3 is 1.68 bits per heavy atom. The second kappa shape index (κ2) is 18.3. The lowest BCUT2D eigenvalue weighted by Gasteiger charge is -2.08. The maximum absolute atomic E-state index is 11.0. The van der Waals surface area contributed by atoms with Crippen molar-refractivity contribution in [2.24, 2.45) is 0 Å². The fourth-order valence-corrected chi connectivity index (χ4v) is 1.43. The van der Waals surface area contributed by atoms with Gasteiger partial charge in [-0.25, -0.2) is 0 Å². The van der Waals surface area contributed by atoms with E-state index in [1.807, 2.05) is 14.0 Å². The third-order valence-corrected chi connectivity index (χ3v) is 2.56. The van der Waals surface area contributed by atoms with E-state index in [0.717, 1.165) is 13.0 Å². The van der Waals surface area contributed by atoms with E-state index in [1.165, 1.54) is 0 Å². The van der Waals surface area contributed by atoms with Crippen LogP contribution >= 0.6 is 0 Å². The smallest absolute Gasteiger partial charge is 0.305 e. The first-order chi connectivity index (χ1) is 10.8. The molecular formula is C15H31NO6. The number of rotatable bonds is 17. The zero-order valence-electron chi connectivity index (χ0n) is 13.9. The van der Waals surface area contributed by atoms with Crippen LogP contribution in [0.25, 0.3) is 0 Å². The minimum absolute atomic E-state index is 0.172. The number of ether oxygens (including phenoxy) is 5. The van der Waals surface area contributed by atoms with Crippen molar-refractivity contribution in [1.29, 1.82) is 0 Å². The first-order valence-electron chi connectivity index (χ1n) is 7.92. The standard InChI is InChI=1S/C15H31NO6/c1-3-4-15(17)22-14-13-21-12-11-20-10-9-19-8-7-18-6-5-16-2/h16H,3-14H2,1-2H3. The van der Waals surface area contributed by atoms with Crippen LogP contribution in [-0.2, 0) is 28.5 Å². The van der Waals surface area contributed by atoms with E-state index in [1.54, 1.807) is 0 Å². The summed E-state index contributed by atoms with van der Waals surface area (Å²) in [5.74, 6) is -0.172. The molecule has 0 heterocycles. The Morgan fingerprint density at radius 2 is 1.23 bits per heavy atom. The van der Waals surface area contributed by atoms with Crippen molar-refractivity contribution >= 4 is 5.97 Å². The Hall–Kier alpha value is -0.730. The SMILES string of the molecule is CCCC(=O)OCCOCCOCCOCCOCCNC. The van der Waals surface area contributed by atoms with Gasteiger partial charge in [0.1, 0.15) is 6.61 Å². The van der Waals surface area contributed by atoms with Crippen molar-refractivity contribution < 1.29 is 28.5 Å². The molecule has 0 amide bonds. The molecule has 0 aliphatic heterocycles. The molecule has 0 aromatic carbocycles. The van der Waals surface area contributed by atoms with Crippen LogP contribution in [0.5, 0.6) is 0 Å². The highest BCUT2D eigenvalue weighted by Gasteiger charge is 1.99. The van der Waals surface area contributed by atoms with Gasteiger partial charge < -0.3 is 29.0 Å². The summed E-state index contributed by atoms with van der Waals surface area (Å²) in [6, 6.07) is 0. The van der Waals surface area contributed by atoms with E-state index in [4.69, 9.17) is 23.7 Å². The van der Waals surface area contributed by atoms with Crippen molar-refractivity contribution in [3.63, 3.8) is 0 Å². The summed E-state index contributed by atoms with van der Waals surface area (Å²) in [6.07, 6.45) is 1.27. The number of likely N-dealkylation sites (N-methyl/N-ethyl adjacent to an activating group) is 1. The Labute approximate surface area is 133 Å². The van der Waals surface area contributed by atoms with Crippen LogP contribution in [0.3, 0.4) is 0 Å². The first-order valence-corrected chi connectivity index (χ1v) is 7.92. The Kier molecular flexibility index (Phi) is 17.7. The molecule has 7 heteroatoms. The predicted octanol–water partition coefficient (Wildman–Crippen LogP) is 0.616. The number of carbonyl (C=O) groups excluding carboxylic acids is 1. The normalized spacial score (nSPS) is 10.8. The number of hydrogen-bond acceptors (Lipinski definition) is 7. The zero-order valence-corrected chi connectivity index (χ0v) is 13.9. The third-order valence-electron chi connectivity index (χ3n) is 2.56. The zero-order chi connectivity index (χ0) is 16.3. The monoisotopic (exact) mass is 321 g/mol. The molecule has 1 N–H and O–H groups in total. The maximum atomic E-state index is 11.0. The van der Waals surface area contributed by atoms with Crippen molar-refractivity contribution in [2.75, 3.05) is 73.1 Å². The summed E-state index contributed by atoms with van der Waals surface area (Å²) >= 11 is 0. The van der Waals surface area contributed by atoms with Gasteiger partial charge in [0.15, 0.2) is 0 Å². The second-order valence-corrected chi connectivity index (χ2v) is 4.52. The van der Waals surface area contributed by atoms with E-state index in [0.29, 0.717) is 65.9 Å². The van der Waals surface area contributed by atoms with Gasteiger partial charge in [0.2, 0.25) is 0 Å². The molecule has 7 nitrogen and oxygen atoms in total. The van der Waals surface area contributed by atoms with Crippen molar-refractivity contribution in [1.82, 2.24) is 5.32 Å². The molecule has 0 fully saturated rings. The average Bonchev–Trinajstić information content (AvgIpc) is 2.51. The summed E-state index contributed by atoms with van der Waals surface area (Å²) in [6.45, 7) is 7.43. The molecule has 0 unspecified atom stereocenters. The fourth-order valence-electron chi connectivity index (χ4n) is 1.43. The van der Waals surface area contributed by atoms with Crippen LogP contribution in [0, 0.1) is 0 Å². The van der Waals surface area contributed by atoms with Crippen LogP contribution in [-0.4, -0.2) is 79.0 Å². The number of esters is 1. The van der Waals surface area contributed by atoms with Gasteiger partial charge in [-0.05, 0) is 13.5 Å². The average molecular weight is 321 g/mol. The molecule has 0 aliphatic carbocycles. The third kappa shape index (κ3) is 17.3. The highest BCUT2D eigenvalue weighted by Crippen LogP contribution is 1.91. The van der Waals surface area contributed by atoms with E-state index in [2.05, 4.69) is 5.32 Å². The molecule has 0 atom stereocenters. The van der Waals surface area contributed by atoms with Crippen LogP contribution in [0.2, 0.25) is 0 Å². The topological polar surface area (TPSA) is 75.3 Å². The maximum Gasteiger partial charge on any atom is 0.305 e. The summed E-state index contributed by atoms with van der Waals surface area (Å²) in [5, 5.41) is 3.00. The largest absolute Gasteiger partial charge is 0.463 e. The molecule has 0 spiro atoms. The summed E-state index contributed by atoms with van der Waals surface area (Å²) in [4.78, 5) is 11.0. The van der Waals surface area contributed by atoms with Gasteiger partial charge in [-0.2, -0.15) is 0 Å². The van der Waals surface area contributed by atoms with Crippen molar-refractivity contribution in [3.8, 4) is 0 Å². The molecule has 0 aromatic rings. The fraction of sp³-hybridized carbons (Fsp3) is 0.933. The lowest BCUT2D eigenvalue weighted by molar-refractivity contribution is -0.145. The quantitative estimate of drug-likeness (QED) is 0.311. The molecule has 0 saturated carbocycles.